The maximum atomic E-state index is 5.92. The predicted molar refractivity (Wildman–Crippen MR) is 86.3 cm³/mol. The number of nitrogens with zero attached hydrogens (tertiary/aromatic N) is 1. The number of unbranched alkanes of at least 4 members (excludes halogenated alkanes) is 1. The van der Waals surface area contributed by atoms with Crippen LogP contribution in [0.2, 0.25) is 0 Å². The van der Waals surface area contributed by atoms with Crippen molar-refractivity contribution in [3.63, 3.8) is 0 Å². The zero-order valence-corrected chi connectivity index (χ0v) is 13.8. The minimum Gasteiger partial charge on any atom is -0.300 e. The summed E-state index contributed by atoms with van der Waals surface area (Å²) in [5, 5.41) is 0. The molecule has 3 heteroatoms. The Bertz CT molecular complexity index is 267. The zero-order chi connectivity index (χ0) is 14.5. The standard InChI is InChI=1S/C17H35N3/c1-4-6-7-13(5-2)10-17(19-18)14-11-15-8-9-16(12-14)20(15)3/h13-17,19H,4-12,18H2,1-3H3. The van der Waals surface area contributed by atoms with Crippen molar-refractivity contribution in [2.45, 2.75) is 89.8 Å². The van der Waals surface area contributed by atoms with Gasteiger partial charge in [0.25, 0.3) is 0 Å². The van der Waals surface area contributed by atoms with Crippen molar-refractivity contribution in [2.75, 3.05) is 7.05 Å². The lowest BCUT2D eigenvalue weighted by molar-refractivity contribution is 0.104. The van der Waals surface area contributed by atoms with Gasteiger partial charge in [-0.25, -0.2) is 0 Å². The van der Waals surface area contributed by atoms with E-state index in [0.717, 1.165) is 23.9 Å². The van der Waals surface area contributed by atoms with E-state index in [0.29, 0.717) is 6.04 Å². The Kier molecular flexibility index (Phi) is 6.31. The summed E-state index contributed by atoms with van der Waals surface area (Å²) in [7, 11) is 2.32. The third kappa shape index (κ3) is 3.75. The second kappa shape index (κ2) is 7.77. The van der Waals surface area contributed by atoms with E-state index in [9.17, 15) is 0 Å². The Balaban J connectivity index is 1.88. The number of piperidine rings is 1. The van der Waals surface area contributed by atoms with Crippen LogP contribution in [0.5, 0.6) is 0 Å². The SMILES string of the molecule is CCCCC(CC)CC(NN)C1CC2CCC(C1)N2C. The molecule has 2 saturated heterocycles. The molecule has 0 aromatic heterocycles. The van der Waals surface area contributed by atoms with Gasteiger partial charge in [0, 0.05) is 18.1 Å². The van der Waals surface area contributed by atoms with Crippen LogP contribution in [0.25, 0.3) is 0 Å². The van der Waals surface area contributed by atoms with E-state index >= 15 is 0 Å². The summed E-state index contributed by atoms with van der Waals surface area (Å²) < 4.78 is 0. The van der Waals surface area contributed by atoms with Crippen molar-refractivity contribution in [3.8, 4) is 0 Å². The largest absolute Gasteiger partial charge is 0.300 e. The van der Waals surface area contributed by atoms with Gasteiger partial charge in [-0.1, -0.05) is 39.5 Å². The highest BCUT2D eigenvalue weighted by Crippen LogP contribution is 2.40. The first-order valence-electron chi connectivity index (χ1n) is 8.87. The Morgan fingerprint density at radius 2 is 1.85 bits per heavy atom. The summed E-state index contributed by atoms with van der Waals surface area (Å²) in [6.07, 6.45) is 12.2. The minimum atomic E-state index is 0.536. The van der Waals surface area contributed by atoms with E-state index in [1.54, 1.807) is 0 Å². The van der Waals surface area contributed by atoms with Crippen LogP contribution in [0.1, 0.15) is 71.6 Å². The zero-order valence-electron chi connectivity index (χ0n) is 13.8. The number of hydrogen-bond acceptors (Lipinski definition) is 3. The molecule has 2 rings (SSSR count). The molecule has 0 amide bonds. The number of fused-ring (bicyclic) bond motifs is 2. The smallest absolute Gasteiger partial charge is 0.0242 e. The number of hydrazine groups is 1. The van der Waals surface area contributed by atoms with Crippen molar-refractivity contribution < 1.29 is 0 Å². The summed E-state index contributed by atoms with van der Waals surface area (Å²) >= 11 is 0. The highest BCUT2D eigenvalue weighted by molar-refractivity contribution is 4.96. The number of rotatable bonds is 8. The highest BCUT2D eigenvalue weighted by Gasteiger charge is 2.40. The van der Waals surface area contributed by atoms with Crippen LogP contribution in [0.3, 0.4) is 0 Å². The molecule has 118 valence electrons. The van der Waals surface area contributed by atoms with E-state index in [1.165, 1.54) is 57.8 Å². The fourth-order valence-electron chi connectivity index (χ4n) is 4.52. The Labute approximate surface area is 125 Å². The van der Waals surface area contributed by atoms with Gasteiger partial charge in [-0.3, -0.25) is 11.3 Å². The topological polar surface area (TPSA) is 41.3 Å². The molecule has 0 aromatic carbocycles. The van der Waals surface area contributed by atoms with Crippen molar-refractivity contribution in [2.24, 2.45) is 17.7 Å². The molecule has 20 heavy (non-hydrogen) atoms. The normalized spacial score (nSPS) is 33.3. The van der Waals surface area contributed by atoms with Crippen molar-refractivity contribution in [3.05, 3.63) is 0 Å². The molecule has 0 saturated carbocycles. The van der Waals surface area contributed by atoms with Gasteiger partial charge >= 0.3 is 0 Å². The molecule has 4 unspecified atom stereocenters. The fourth-order valence-corrected chi connectivity index (χ4v) is 4.52. The van der Waals surface area contributed by atoms with Crippen LogP contribution in [-0.4, -0.2) is 30.1 Å². The molecular formula is C17H35N3. The highest BCUT2D eigenvalue weighted by atomic mass is 15.2. The fraction of sp³-hybridized carbons (Fsp3) is 1.00. The van der Waals surface area contributed by atoms with Crippen LogP contribution in [-0.2, 0) is 0 Å². The molecule has 0 radical (unpaired) electrons. The molecule has 2 fully saturated rings. The quantitative estimate of drug-likeness (QED) is 0.530. The first-order valence-corrected chi connectivity index (χ1v) is 8.87. The third-order valence-electron chi connectivity index (χ3n) is 6.05. The van der Waals surface area contributed by atoms with Crippen molar-refractivity contribution in [1.29, 1.82) is 0 Å². The third-order valence-corrected chi connectivity index (χ3v) is 6.05. The average molecular weight is 281 g/mol. The molecule has 0 aromatic rings. The molecule has 0 aliphatic carbocycles. The van der Waals surface area contributed by atoms with E-state index in [1.807, 2.05) is 0 Å². The maximum absolute atomic E-state index is 5.92. The van der Waals surface area contributed by atoms with Gasteiger partial charge in [0.1, 0.15) is 0 Å². The second-order valence-electron chi connectivity index (χ2n) is 7.21. The van der Waals surface area contributed by atoms with Gasteiger partial charge in [0.05, 0.1) is 0 Å². The summed E-state index contributed by atoms with van der Waals surface area (Å²) in [4.78, 5) is 2.62. The maximum Gasteiger partial charge on any atom is 0.0242 e. The van der Waals surface area contributed by atoms with E-state index < -0.39 is 0 Å². The summed E-state index contributed by atoms with van der Waals surface area (Å²) in [6.45, 7) is 4.63. The number of nitrogens with two attached hydrogens (primary N) is 1. The molecule has 3 N–H and O–H groups in total. The number of hydrogen-bond donors (Lipinski definition) is 2. The monoisotopic (exact) mass is 281 g/mol. The van der Waals surface area contributed by atoms with E-state index in [-0.39, 0.29) is 0 Å². The lowest BCUT2D eigenvalue weighted by Gasteiger charge is -2.40. The second-order valence-corrected chi connectivity index (χ2v) is 7.21. The molecule has 2 aliphatic heterocycles. The number of nitrogens with one attached hydrogen (secondary N) is 1. The van der Waals surface area contributed by atoms with E-state index in [2.05, 4.69) is 31.2 Å². The molecule has 2 aliphatic rings. The minimum absolute atomic E-state index is 0.536. The molecule has 0 spiro atoms. The summed E-state index contributed by atoms with van der Waals surface area (Å²) in [6, 6.07) is 2.18. The van der Waals surface area contributed by atoms with Gasteiger partial charge in [-0.15, -0.1) is 0 Å². The lowest BCUT2D eigenvalue weighted by Crippen LogP contribution is -2.49. The van der Waals surface area contributed by atoms with Crippen LogP contribution >= 0.6 is 0 Å². The van der Waals surface area contributed by atoms with Crippen LogP contribution in [0.4, 0.5) is 0 Å². The molecule has 3 nitrogen and oxygen atoms in total. The summed E-state index contributed by atoms with van der Waals surface area (Å²) in [5.41, 5.74) is 3.18. The van der Waals surface area contributed by atoms with Gasteiger partial charge in [0.2, 0.25) is 0 Å². The van der Waals surface area contributed by atoms with Gasteiger partial charge < -0.3 is 4.90 Å². The van der Waals surface area contributed by atoms with Gasteiger partial charge in [0.15, 0.2) is 0 Å². The lowest BCUT2D eigenvalue weighted by atomic mass is 9.80. The molecule has 4 atom stereocenters. The first kappa shape index (κ1) is 16.3. The van der Waals surface area contributed by atoms with Crippen LogP contribution in [0, 0.1) is 11.8 Å². The van der Waals surface area contributed by atoms with Gasteiger partial charge in [-0.2, -0.15) is 0 Å². The van der Waals surface area contributed by atoms with Crippen LogP contribution in [0.15, 0.2) is 0 Å². The van der Waals surface area contributed by atoms with Gasteiger partial charge in [-0.05, 0) is 51.0 Å². The Hall–Kier alpha value is -0.120. The molecule has 2 bridgehead atoms. The average Bonchev–Trinajstić information content (AvgIpc) is 2.69. The van der Waals surface area contributed by atoms with Crippen molar-refractivity contribution in [1.82, 2.24) is 10.3 Å². The molecular weight excluding hydrogens is 246 g/mol. The van der Waals surface area contributed by atoms with Crippen LogP contribution < -0.4 is 11.3 Å². The summed E-state index contributed by atoms with van der Waals surface area (Å²) in [5.74, 6) is 7.57. The Morgan fingerprint density at radius 3 is 2.35 bits per heavy atom. The Morgan fingerprint density at radius 1 is 1.20 bits per heavy atom. The first-order chi connectivity index (χ1) is 9.69. The van der Waals surface area contributed by atoms with Crippen molar-refractivity contribution >= 4 is 0 Å². The molecule has 2 heterocycles. The van der Waals surface area contributed by atoms with E-state index in [4.69, 9.17) is 5.84 Å². The predicted octanol–water partition coefficient (Wildman–Crippen LogP) is 3.30.